The maximum Gasteiger partial charge on any atom is 0.182 e. The smallest absolute Gasteiger partial charge is 0.182 e. The third-order valence-corrected chi connectivity index (χ3v) is 3.64. The largest absolute Gasteiger partial charge is 0.361 e. The minimum Gasteiger partial charge on any atom is -0.361 e. The van der Waals surface area contributed by atoms with Crippen LogP contribution in [0.2, 0.25) is 0 Å². The molecule has 1 aromatic heterocycles. The summed E-state index contributed by atoms with van der Waals surface area (Å²) in [7, 11) is 0. The molecule has 1 aliphatic heterocycles. The van der Waals surface area contributed by atoms with Crippen LogP contribution in [0.15, 0.2) is 17.0 Å². The zero-order valence-corrected chi connectivity index (χ0v) is 10.6. The van der Waals surface area contributed by atoms with Gasteiger partial charge >= 0.3 is 0 Å². The van der Waals surface area contributed by atoms with E-state index in [4.69, 9.17) is 0 Å². The number of hydrogen-bond acceptors (Lipinski definition) is 4. The molecule has 3 nitrogen and oxygen atoms in total. The Morgan fingerprint density at radius 2 is 2.50 bits per heavy atom. The van der Waals surface area contributed by atoms with Gasteiger partial charge in [-0.1, -0.05) is 18.6 Å². The Bertz CT molecular complexity index is 357. The molecule has 0 aromatic carbocycles. The molecule has 0 fully saturated rings. The fourth-order valence-electron chi connectivity index (χ4n) is 1.78. The zero-order valence-electron chi connectivity index (χ0n) is 9.75. The SMILES string of the molecule is CCc1csc(NCCC2=CCNCC2)n1. The van der Waals surface area contributed by atoms with Crippen molar-refractivity contribution < 1.29 is 0 Å². The molecule has 0 spiro atoms. The zero-order chi connectivity index (χ0) is 11.2. The maximum absolute atomic E-state index is 4.49. The fraction of sp³-hybridized carbons (Fsp3) is 0.583. The van der Waals surface area contributed by atoms with E-state index in [-0.39, 0.29) is 0 Å². The van der Waals surface area contributed by atoms with Gasteiger partial charge < -0.3 is 10.6 Å². The molecule has 0 saturated heterocycles. The van der Waals surface area contributed by atoms with Gasteiger partial charge in [-0.2, -0.15) is 0 Å². The van der Waals surface area contributed by atoms with Crippen LogP contribution in [-0.4, -0.2) is 24.6 Å². The minimum absolute atomic E-state index is 1.00. The Morgan fingerprint density at radius 1 is 1.56 bits per heavy atom. The van der Waals surface area contributed by atoms with Gasteiger partial charge in [-0.05, 0) is 25.8 Å². The minimum atomic E-state index is 1.00. The summed E-state index contributed by atoms with van der Waals surface area (Å²) in [6.07, 6.45) is 5.67. The van der Waals surface area contributed by atoms with Crippen molar-refractivity contribution in [2.75, 3.05) is 25.0 Å². The Hall–Kier alpha value is -0.870. The summed E-state index contributed by atoms with van der Waals surface area (Å²) >= 11 is 1.71. The van der Waals surface area contributed by atoms with Gasteiger partial charge in [0.05, 0.1) is 5.69 Å². The number of nitrogens with one attached hydrogen (secondary N) is 2. The van der Waals surface area contributed by atoms with E-state index in [1.54, 1.807) is 16.9 Å². The molecule has 2 rings (SSSR count). The number of anilines is 1. The first-order valence-corrected chi connectivity index (χ1v) is 6.83. The van der Waals surface area contributed by atoms with Crippen LogP contribution < -0.4 is 10.6 Å². The summed E-state index contributed by atoms with van der Waals surface area (Å²) in [5.41, 5.74) is 2.76. The van der Waals surface area contributed by atoms with Crippen LogP contribution >= 0.6 is 11.3 Å². The Balaban J connectivity index is 1.73. The molecule has 0 aliphatic carbocycles. The van der Waals surface area contributed by atoms with E-state index in [2.05, 4.69) is 34.0 Å². The van der Waals surface area contributed by atoms with Crippen molar-refractivity contribution in [1.82, 2.24) is 10.3 Å². The average Bonchev–Trinajstić information content (AvgIpc) is 2.78. The molecular formula is C12H19N3S. The summed E-state index contributed by atoms with van der Waals surface area (Å²) in [6, 6.07) is 0. The lowest BCUT2D eigenvalue weighted by Crippen LogP contribution is -2.21. The van der Waals surface area contributed by atoms with Gasteiger partial charge in [0.1, 0.15) is 0 Å². The highest BCUT2D eigenvalue weighted by atomic mass is 32.1. The first-order chi connectivity index (χ1) is 7.88. The van der Waals surface area contributed by atoms with Crippen LogP contribution in [-0.2, 0) is 6.42 Å². The van der Waals surface area contributed by atoms with E-state index in [0.717, 1.165) is 37.6 Å². The van der Waals surface area contributed by atoms with E-state index in [9.17, 15) is 0 Å². The monoisotopic (exact) mass is 237 g/mol. The van der Waals surface area contributed by atoms with Crippen molar-refractivity contribution in [1.29, 1.82) is 0 Å². The standard InChI is InChI=1S/C12H19N3S/c1-2-11-9-16-12(15-11)14-8-5-10-3-6-13-7-4-10/h3,9,13H,2,4-8H2,1H3,(H,14,15). The molecule has 16 heavy (non-hydrogen) atoms. The number of hydrogen-bond donors (Lipinski definition) is 2. The van der Waals surface area contributed by atoms with Gasteiger partial charge in [-0.3, -0.25) is 0 Å². The lowest BCUT2D eigenvalue weighted by molar-refractivity contribution is 0.683. The van der Waals surface area contributed by atoms with Gasteiger partial charge in [-0.25, -0.2) is 4.98 Å². The lowest BCUT2D eigenvalue weighted by atomic mass is 10.1. The number of aromatic nitrogens is 1. The van der Waals surface area contributed by atoms with Crippen molar-refractivity contribution in [3.63, 3.8) is 0 Å². The lowest BCUT2D eigenvalue weighted by Gasteiger charge is -2.13. The second kappa shape index (κ2) is 6.01. The van der Waals surface area contributed by atoms with Crippen molar-refractivity contribution in [3.8, 4) is 0 Å². The number of aryl methyl sites for hydroxylation is 1. The summed E-state index contributed by atoms with van der Waals surface area (Å²) in [4.78, 5) is 4.49. The molecule has 4 heteroatoms. The topological polar surface area (TPSA) is 37.0 Å². The fourth-order valence-corrected chi connectivity index (χ4v) is 2.60. The third-order valence-electron chi connectivity index (χ3n) is 2.79. The van der Waals surface area contributed by atoms with E-state index < -0.39 is 0 Å². The van der Waals surface area contributed by atoms with E-state index in [0.29, 0.717) is 0 Å². The molecule has 0 amide bonds. The predicted molar refractivity (Wildman–Crippen MR) is 70.2 cm³/mol. The Labute approximate surface area is 101 Å². The first kappa shape index (κ1) is 11.6. The average molecular weight is 237 g/mol. The normalized spacial score (nSPS) is 15.9. The molecule has 0 unspecified atom stereocenters. The molecule has 1 aromatic rings. The summed E-state index contributed by atoms with van der Waals surface area (Å²) < 4.78 is 0. The highest BCUT2D eigenvalue weighted by Gasteiger charge is 2.03. The second-order valence-electron chi connectivity index (χ2n) is 3.99. The maximum atomic E-state index is 4.49. The van der Waals surface area contributed by atoms with Crippen molar-refractivity contribution in [2.24, 2.45) is 0 Å². The van der Waals surface area contributed by atoms with Crippen LogP contribution in [0.4, 0.5) is 5.13 Å². The molecule has 88 valence electrons. The Morgan fingerprint density at radius 3 is 3.19 bits per heavy atom. The van der Waals surface area contributed by atoms with Crippen molar-refractivity contribution in [2.45, 2.75) is 26.2 Å². The number of nitrogens with zero attached hydrogens (tertiary/aromatic N) is 1. The molecule has 0 bridgehead atoms. The molecular weight excluding hydrogens is 218 g/mol. The predicted octanol–water partition coefficient (Wildman–Crippen LogP) is 2.43. The quantitative estimate of drug-likeness (QED) is 0.772. The molecule has 0 radical (unpaired) electrons. The molecule has 2 N–H and O–H groups in total. The molecule has 1 aliphatic rings. The van der Waals surface area contributed by atoms with Crippen LogP contribution in [0.25, 0.3) is 0 Å². The summed E-state index contributed by atoms with van der Waals surface area (Å²) in [5, 5.41) is 9.91. The molecule has 0 saturated carbocycles. The highest BCUT2D eigenvalue weighted by Crippen LogP contribution is 2.16. The first-order valence-electron chi connectivity index (χ1n) is 5.95. The molecule has 2 heterocycles. The van der Waals surface area contributed by atoms with Crippen LogP contribution in [0.3, 0.4) is 0 Å². The van der Waals surface area contributed by atoms with Gasteiger partial charge in [-0.15, -0.1) is 11.3 Å². The van der Waals surface area contributed by atoms with Crippen LogP contribution in [0.5, 0.6) is 0 Å². The number of rotatable bonds is 5. The van der Waals surface area contributed by atoms with E-state index in [1.807, 2.05) is 0 Å². The van der Waals surface area contributed by atoms with Gasteiger partial charge in [0.15, 0.2) is 5.13 Å². The third kappa shape index (κ3) is 3.32. The highest BCUT2D eigenvalue weighted by molar-refractivity contribution is 7.13. The van der Waals surface area contributed by atoms with Crippen LogP contribution in [0, 0.1) is 0 Å². The van der Waals surface area contributed by atoms with Crippen LogP contribution in [0.1, 0.15) is 25.5 Å². The van der Waals surface area contributed by atoms with Crippen molar-refractivity contribution >= 4 is 16.5 Å². The number of thiazole rings is 1. The molecule has 0 atom stereocenters. The van der Waals surface area contributed by atoms with Gasteiger partial charge in [0.25, 0.3) is 0 Å². The second-order valence-corrected chi connectivity index (χ2v) is 4.85. The van der Waals surface area contributed by atoms with Gasteiger partial charge in [0.2, 0.25) is 0 Å². The Kier molecular flexibility index (Phi) is 4.36. The summed E-state index contributed by atoms with van der Waals surface area (Å²) in [6.45, 7) is 5.30. The van der Waals surface area contributed by atoms with Crippen molar-refractivity contribution in [3.05, 3.63) is 22.7 Å². The van der Waals surface area contributed by atoms with Gasteiger partial charge in [0, 0.05) is 18.5 Å². The van der Waals surface area contributed by atoms with E-state index in [1.165, 1.54) is 12.1 Å². The van der Waals surface area contributed by atoms with E-state index >= 15 is 0 Å². The summed E-state index contributed by atoms with van der Waals surface area (Å²) in [5.74, 6) is 0.